The number of hydrogen-bond acceptors (Lipinski definition) is 5. The van der Waals surface area contributed by atoms with Crippen LogP contribution in [-0.4, -0.2) is 67.3 Å². The topological polar surface area (TPSA) is 98.8 Å². The van der Waals surface area contributed by atoms with E-state index in [0.717, 1.165) is 55.0 Å². The minimum absolute atomic E-state index is 0.319. The summed E-state index contributed by atoms with van der Waals surface area (Å²) in [7, 11) is 1.63. The zero-order valence-corrected chi connectivity index (χ0v) is 19.8. The average molecular weight is 465 g/mol. The van der Waals surface area contributed by atoms with Crippen molar-refractivity contribution >= 4 is 22.7 Å². The van der Waals surface area contributed by atoms with Crippen LogP contribution in [0.3, 0.4) is 0 Å². The smallest absolute Gasteiger partial charge is 0.254 e. The first kappa shape index (κ1) is 23.8. The predicted octanol–water partition coefficient (Wildman–Crippen LogP) is 2.12. The molecule has 34 heavy (non-hydrogen) atoms. The van der Waals surface area contributed by atoms with Crippen LogP contribution in [0.2, 0.25) is 0 Å². The maximum atomic E-state index is 13.5. The highest BCUT2D eigenvalue weighted by molar-refractivity contribution is 6.10. The Morgan fingerprint density at radius 2 is 1.82 bits per heavy atom. The van der Waals surface area contributed by atoms with Crippen molar-refractivity contribution in [3.05, 3.63) is 65.4 Å². The number of amides is 2. The Kier molecular flexibility index (Phi) is 7.49. The Morgan fingerprint density at radius 3 is 2.50 bits per heavy atom. The van der Waals surface area contributed by atoms with E-state index < -0.39 is 11.9 Å². The zero-order valence-electron chi connectivity index (χ0n) is 19.8. The third kappa shape index (κ3) is 5.08. The largest absolute Gasteiger partial charge is 0.495 e. The van der Waals surface area contributed by atoms with Crippen molar-refractivity contribution in [3.63, 3.8) is 0 Å². The number of para-hydroxylation sites is 1. The molecular formula is C26H32N4O4. The van der Waals surface area contributed by atoms with Crippen LogP contribution in [-0.2, 0) is 22.5 Å². The first-order chi connectivity index (χ1) is 16.5. The van der Waals surface area contributed by atoms with Gasteiger partial charge in [0.05, 0.1) is 31.4 Å². The molecule has 0 aliphatic carbocycles. The number of methoxy groups -OCH3 is 1. The number of nitrogens with zero attached hydrogens (tertiary/aromatic N) is 2. The van der Waals surface area contributed by atoms with Gasteiger partial charge in [0.15, 0.2) is 0 Å². The van der Waals surface area contributed by atoms with Gasteiger partial charge in [0, 0.05) is 43.7 Å². The van der Waals surface area contributed by atoms with Gasteiger partial charge in [-0.2, -0.15) is 0 Å². The molecule has 4 rings (SSSR count). The summed E-state index contributed by atoms with van der Waals surface area (Å²) < 4.78 is 13.2. The van der Waals surface area contributed by atoms with E-state index in [9.17, 15) is 9.59 Å². The van der Waals surface area contributed by atoms with Crippen molar-refractivity contribution in [3.8, 4) is 5.75 Å². The second kappa shape index (κ2) is 10.7. The fourth-order valence-corrected chi connectivity index (χ4v) is 4.60. The summed E-state index contributed by atoms with van der Waals surface area (Å²) in [5.74, 6) is -0.179. The van der Waals surface area contributed by atoms with Gasteiger partial charge in [0.1, 0.15) is 11.8 Å². The minimum atomic E-state index is -0.813. The van der Waals surface area contributed by atoms with Crippen molar-refractivity contribution in [2.75, 3.05) is 40.0 Å². The second-order valence-corrected chi connectivity index (χ2v) is 8.54. The second-order valence-electron chi connectivity index (χ2n) is 8.54. The van der Waals surface area contributed by atoms with Gasteiger partial charge in [-0.3, -0.25) is 14.5 Å². The molecule has 0 radical (unpaired) electrons. The number of carbonyl (C=O) groups is 2. The van der Waals surface area contributed by atoms with Gasteiger partial charge >= 0.3 is 0 Å². The van der Waals surface area contributed by atoms with Gasteiger partial charge in [0.25, 0.3) is 5.91 Å². The van der Waals surface area contributed by atoms with Crippen molar-refractivity contribution in [1.82, 2.24) is 14.8 Å². The molecule has 1 aliphatic heterocycles. The molecule has 1 atom stereocenters. The molecule has 180 valence electrons. The maximum Gasteiger partial charge on any atom is 0.254 e. The first-order valence-electron chi connectivity index (χ1n) is 11.6. The van der Waals surface area contributed by atoms with Crippen molar-refractivity contribution in [2.24, 2.45) is 5.73 Å². The SMILES string of the molecule is COc1cccc2c(C(=O)N[C@@H](Cc3ccccc3)C(N)=O)c(C)n(CCN3CCOCC3)c12. The Labute approximate surface area is 199 Å². The van der Waals surface area contributed by atoms with Crippen molar-refractivity contribution in [2.45, 2.75) is 25.9 Å². The van der Waals surface area contributed by atoms with Crippen molar-refractivity contribution in [1.29, 1.82) is 0 Å². The monoisotopic (exact) mass is 464 g/mol. The Balaban J connectivity index is 1.64. The molecule has 2 amide bonds. The molecule has 3 aromatic rings. The lowest BCUT2D eigenvalue weighted by Crippen LogP contribution is -2.46. The van der Waals surface area contributed by atoms with Gasteiger partial charge in [-0.1, -0.05) is 42.5 Å². The van der Waals surface area contributed by atoms with Crippen molar-refractivity contribution < 1.29 is 19.1 Å². The lowest BCUT2D eigenvalue weighted by atomic mass is 10.0. The van der Waals surface area contributed by atoms with Crippen LogP contribution < -0.4 is 15.8 Å². The van der Waals surface area contributed by atoms with E-state index >= 15 is 0 Å². The molecule has 0 unspecified atom stereocenters. The summed E-state index contributed by atoms with van der Waals surface area (Å²) in [4.78, 5) is 28.0. The van der Waals surface area contributed by atoms with Gasteiger partial charge in [-0.05, 0) is 18.6 Å². The molecule has 0 bridgehead atoms. The fraction of sp³-hybridized carbons (Fsp3) is 0.385. The number of rotatable bonds is 9. The summed E-state index contributed by atoms with van der Waals surface area (Å²) in [5.41, 5.74) is 8.82. The van der Waals surface area contributed by atoms with Gasteiger partial charge < -0.3 is 25.1 Å². The number of aromatic nitrogens is 1. The number of morpholine rings is 1. The fourth-order valence-electron chi connectivity index (χ4n) is 4.60. The van der Waals surface area contributed by atoms with E-state index in [0.29, 0.717) is 24.3 Å². The first-order valence-corrected chi connectivity index (χ1v) is 11.6. The molecule has 0 spiro atoms. The summed E-state index contributed by atoms with van der Waals surface area (Å²) >= 11 is 0. The van der Waals surface area contributed by atoms with E-state index in [2.05, 4.69) is 14.8 Å². The van der Waals surface area contributed by atoms with E-state index in [1.165, 1.54) is 0 Å². The normalized spacial score (nSPS) is 15.2. The number of nitrogens with two attached hydrogens (primary N) is 1. The van der Waals surface area contributed by atoms with Crippen LogP contribution in [0, 0.1) is 6.92 Å². The average Bonchev–Trinajstić information content (AvgIpc) is 3.14. The lowest BCUT2D eigenvalue weighted by Gasteiger charge is -2.27. The Hall–Kier alpha value is -3.36. The number of ether oxygens (including phenoxy) is 2. The number of carbonyl (C=O) groups excluding carboxylic acids is 2. The summed E-state index contributed by atoms with van der Waals surface area (Å²) in [6.45, 7) is 6.73. The molecule has 3 N–H and O–H groups in total. The molecule has 2 aromatic carbocycles. The number of benzene rings is 2. The van der Waals surface area contributed by atoms with E-state index in [-0.39, 0.29) is 5.91 Å². The van der Waals surface area contributed by atoms with Crippen LogP contribution in [0.15, 0.2) is 48.5 Å². The summed E-state index contributed by atoms with van der Waals surface area (Å²) in [6.07, 6.45) is 0.333. The lowest BCUT2D eigenvalue weighted by molar-refractivity contribution is -0.119. The molecular weight excluding hydrogens is 432 g/mol. The van der Waals surface area contributed by atoms with Gasteiger partial charge in [0.2, 0.25) is 5.91 Å². The highest BCUT2D eigenvalue weighted by atomic mass is 16.5. The zero-order chi connectivity index (χ0) is 24.1. The van der Waals surface area contributed by atoms with Gasteiger partial charge in [-0.25, -0.2) is 0 Å². The third-order valence-corrected chi connectivity index (χ3v) is 6.43. The van der Waals surface area contributed by atoms with E-state index in [4.69, 9.17) is 15.2 Å². The molecule has 0 saturated carbocycles. The maximum absolute atomic E-state index is 13.5. The third-order valence-electron chi connectivity index (χ3n) is 6.43. The van der Waals surface area contributed by atoms with Crippen LogP contribution in [0.1, 0.15) is 21.6 Å². The summed E-state index contributed by atoms with van der Waals surface area (Å²) in [6, 6.07) is 14.4. The van der Waals surface area contributed by atoms with Crippen LogP contribution in [0.5, 0.6) is 5.75 Å². The van der Waals surface area contributed by atoms with E-state index in [1.54, 1.807) is 7.11 Å². The van der Waals surface area contributed by atoms with Crippen LogP contribution >= 0.6 is 0 Å². The van der Waals surface area contributed by atoms with Gasteiger partial charge in [-0.15, -0.1) is 0 Å². The molecule has 8 nitrogen and oxygen atoms in total. The number of primary amides is 1. The number of hydrogen-bond donors (Lipinski definition) is 2. The van der Waals surface area contributed by atoms with Crippen LogP contribution in [0.25, 0.3) is 10.9 Å². The molecule has 8 heteroatoms. The molecule has 1 saturated heterocycles. The number of fused-ring (bicyclic) bond motifs is 1. The Morgan fingerprint density at radius 1 is 1.09 bits per heavy atom. The van der Waals surface area contributed by atoms with Crippen LogP contribution in [0.4, 0.5) is 0 Å². The summed E-state index contributed by atoms with van der Waals surface area (Å²) in [5, 5.41) is 3.67. The molecule has 1 aromatic heterocycles. The molecule has 2 heterocycles. The minimum Gasteiger partial charge on any atom is -0.495 e. The number of nitrogens with one attached hydrogen (secondary N) is 1. The highest BCUT2D eigenvalue weighted by Crippen LogP contribution is 2.33. The standard InChI is InChI=1S/C26H32N4O4/c1-18-23(26(32)28-21(25(27)31)17-19-7-4-3-5-8-19)20-9-6-10-22(33-2)24(20)30(18)12-11-29-13-15-34-16-14-29/h3-10,21H,11-17H2,1-2H3,(H2,27,31)(H,28,32)/t21-/m0/s1. The predicted molar refractivity (Wildman–Crippen MR) is 131 cm³/mol. The van der Waals surface area contributed by atoms with E-state index in [1.807, 2.05) is 55.5 Å². The highest BCUT2D eigenvalue weighted by Gasteiger charge is 2.26. The quantitative estimate of drug-likeness (QED) is 0.505. The molecule has 1 aliphatic rings. The molecule has 1 fully saturated rings. The Bertz CT molecular complexity index is 1150.